The third-order valence-electron chi connectivity index (χ3n) is 1.72. The topological polar surface area (TPSA) is 94.4 Å². The molecule has 2 rings (SSSR count). The summed E-state index contributed by atoms with van der Waals surface area (Å²) in [6.45, 7) is 0. The number of rotatable bonds is 2. The summed E-state index contributed by atoms with van der Waals surface area (Å²) in [5.74, 6) is 1.36. The first-order valence-corrected chi connectivity index (χ1v) is 5.30. The fourth-order valence-electron chi connectivity index (χ4n) is 1.19. The second kappa shape index (κ2) is 3.33. The van der Waals surface area contributed by atoms with Crippen molar-refractivity contribution >= 4 is 22.9 Å². The Morgan fingerprint density at radius 2 is 2.07 bits per heavy atom. The molecular formula is C7H8N4O2S. The van der Waals surface area contributed by atoms with Gasteiger partial charge >= 0.3 is 5.69 Å². The highest BCUT2D eigenvalue weighted by atomic mass is 32.2. The van der Waals surface area contributed by atoms with Gasteiger partial charge in [-0.3, -0.25) is 14.8 Å². The van der Waals surface area contributed by atoms with Crippen LogP contribution in [0.2, 0.25) is 0 Å². The second-order valence-electron chi connectivity index (χ2n) is 2.75. The number of fused-ring (bicyclic) bond motifs is 1. The third kappa shape index (κ3) is 1.46. The molecule has 0 saturated carbocycles. The summed E-state index contributed by atoms with van der Waals surface area (Å²) in [6, 6.07) is 0. The van der Waals surface area contributed by atoms with Crippen molar-refractivity contribution in [3.8, 4) is 0 Å². The van der Waals surface area contributed by atoms with Gasteiger partial charge in [-0.2, -0.15) is 11.8 Å². The Balaban J connectivity index is 2.71. The molecule has 0 bridgehead atoms. The number of nitrogens with one attached hydrogen (secondary N) is 3. The largest absolute Gasteiger partial charge is 0.335 e. The minimum absolute atomic E-state index is 0.308. The van der Waals surface area contributed by atoms with Crippen LogP contribution in [-0.2, 0) is 5.75 Å². The molecule has 3 N–H and O–H groups in total. The van der Waals surface area contributed by atoms with Gasteiger partial charge in [0.25, 0.3) is 5.56 Å². The molecule has 7 heteroatoms. The van der Waals surface area contributed by atoms with Gasteiger partial charge in [0.05, 0.1) is 5.75 Å². The lowest BCUT2D eigenvalue weighted by atomic mass is 10.5. The number of aromatic amines is 3. The molecule has 0 spiro atoms. The van der Waals surface area contributed by atoms with Gasteiger partial charge in [-0.25, -0.2) is 9.78 Å². The van der Waals surface area contributed by atoms with Gasteiger partial charge in [-0.05, 0) is 6.26 Å². The van der Waals surface area contributed by atoms with Crippen LogP contribution in [0.4, 0.5) is 0 Å². The molecule has 0 aliphatic carbocycles. The monoisotopic (exact) mass is 212 g/mol. The number of hydrogen-bond donors (Lipinski definition) is 3. The first-order valence-electron chi connectivity index (χ1n) is 3.91. The first kappa shape index (κ1) is 9.07. The Morgan fingerprint density at radius 3 is 2.79 bits per heavy atom. The lowest BCUT2D eigenvalue weighted by molar-refractivity contribution is 1.07. The smallest absolute Gasteiger partial charge is 0.327 e. The Hall–Kier alpha value is -1.50. The summed E-state index contributed by atoms with van der Waals surface area (Å²) in [5, 5.41) is 0. The fraction of sp³-hybridized carbons (Fsp3) is 0.286. The van der Waals surface area contributed by atoms with Crippen LogP contribution in [0.1, 0.15) is 5.82 Å². The predicted octanol–water partition coefficient (Wildman–Crippen LogP) is -0.198. The highest BCUT2D eigenvalue weighted by Gasteiger charge is 2.06. The van der Waals surface area contributed by atoms with E-state index in [0.717, 1.165) is 0 Å². The number of H-pyrrole nitrogens is 3. The average Bonchev–Trinajstić information content (AvgIpc) is 2.48. The molecule has 0 fully saturated rings. The second-order valence-corrected chi connectivity index (χ2v) is 3.61. The summed E-state index contributed by atoms with van der Waals surface area (Å²) in [5.41, 5.74) is -0.357. The van der Waals surface area contributed by atoms with Gasteiger partial charge in [-0.1, -0.05) is 0 Å². The Morgan fingerprint density at radius 1 is 1.29 bits per heavy atom. The van der Waals surface area contributed by atoms with E-state index in [0.29, 0.717) is 22.7 Å². The van der Waals surface area contributed by atoms with Crippen molar-refractivity contribution in [2.45, 2.75) is 5.75 Å². The van der Waals surface area contributed by atoms with Gasteiger partial charge in [0.2, 0.25) is 0 Å². The maximum Gasteiger partial charge on any atom is 0.327 e. The molecule has 2 aromatic heterocycles. The first-order chi connectivity index (χ1) is 6.70. The minimum Gasteiger partial charge on any atom is -0.335 e. The zero-order valence-corrected chi connectivity index (χ0v) is 8.20. The zero-order valence-electron chi connectivity index (χ0n) is 7.38. The maximum atomic E-state index is 11.3. The zero-order chi connectivity index (χ0) is 10.1. The summed E-state index contributed by atoms with van der Waals surface area (Å²) < 4.78 is 0. The molecule has 6 nitrogen and oxygen atoms in total. The van der Waals surface area contributed by atoms with Crippen LogP contribution in [0, 0.1) is 0 Å². The van der Waals surface area contributed by atoms with Crippen molar-refractivity contribution in [2.75, 3.05) is 6.26 Å². The molecule has 14 heavy (non-hydrogen) atoms. The summed E-state index contributed by atoms with van der Waals surface area (Å²) in [6.07, 6.45) is 1.93. The van der Waals surface area contributed by atoms with Crippen LogP contribution < -0.4 is 11.2 Å². The van der Waals surface area contributed by atoms with E-state index in [9.17, 15) is 9.59 Å². The summed E-state index contributed by atoms with van der Waals surface area (Å²) in [7, 11) is 0. The van der Waals surface area contributed by atoms with E-state index in [4.69, 9.17) is 0 Å². The molecule has 2 aromatic rings. The highest BCUT2D eigenvalue weighted by molar-refractivity contribution is 7.97. The Bertz CT molecular complexity index is 567. The van der Waals surface area contributed by atoms with E-state index >= 15 is 0 Å². The van der Waals surface area contributed by atoms with Gasteiger partial charge in [0, 0.05) is 0 Å². The number of hydrogen-bond acceptors (Lipinski definition) is 4. The van der Waals surface area contributed by atoms with Crippen molar-refractivity contribution in [3.05, 3.63) is 26.7 Å². The summed E-state index contributed by atoms with van der Waals surface area (Å²) >= 11 is 1.58. The van der Waals surface area contributed by atoms with Crippen LogP contribution in [0.25, 0.3) is 11.2 Å². The minimum atomic E-state index is -0.537. The van der Waals surface area contributed by atoms with Gasteiger partial charge in [0.15, 0.2) is 5.65 Å². The molecular weight excluding hydrogens is 204 g/mol. The standard InChI is InChI=1S/C7H8N4O2S/c1-14-2-3-8-4-5(9-3)10-7(13)11-6(4)12/h2H2,1H3,(H3,8,9,10,11,12,13). The van der Waals surface area contributed by atoms with E-state index < -0.39 is 11.2 Å². The molecule has 0 saturated heterocycles. The molecule has 0 aliphatic rings. The van der Waals surface area contributed by atoms with Crippen LogP contribution >= 0.6 is 11.8 Å². The fourth-order valence-corrected chi connectivity index (χ4v) is 1.60. The van der Waals surface area contributed by atoms with Gasteiger partial charge in [0.1, 0.15) is 11.3 Å². The van der Waals surface area contributed by atoms with E-state index in [1.165, 1.54) is 0 Å². The average molecular weight is 212 g/mol. The summed E-state index contributed by atoms with van der Waals surface area (Å²) in [4.78, 5) is 33.7. The van der Waals surface area contributed by atoms with Crippen LogP contribution in [0.3, 0.4) is 0 Å². The molecule has 2 heterocycles. The van der Waals surface area contributed by atoms with Crippen LogP contribution in [-0.4, -0.2) is 26.2 Å². The molecule has 0 unspecified atom stereocenters. The third-order valence-corrected chi connectivity index (χ3v) is 2.28. The molecule has 0 aromatic carbocycles. The molecule has 0 aliphatic heterocycles. The molecule has 74 valence electrons. The van der Waals surface area contributed by atoms with Crippen molar-refractivity contribution < 1.29 is 0 Å². The van der Waals surface area contributed by atoms with Crippen molar-refractivity contribution in [1.29, 1.82) is 0 Å². The number of imidazole rings is 1. The van der Waals surface area contributed by atoms with Crippen LogP contribution in [0.5, 0.6) is 0 Å². The van der Waals surface area contributed by atoms with E-state index in [1.807, 2.05) is 6.26 Å². The molecule has 0 amide bonds. The number of aromatic nitrogens is 4. The van der Waals surface area contributed by atoms with E-state index in [2.05, 4.69) is 19.9 Å². The molecule has 0 radical (unpaired) electrons. The molecule has 0 atom stereocenters. The number of nitrogens with zero attached hydrogens (tertiary/aromatic N) is 1. The van der Waals surface area contributed by atoms with E-state index in [1.54, 1.807) is 11.8 Å². The highest BCUT2D eigenvalue weighted by Crippen LogP contribution is 2.07. The van der Waals surface area contributed by atoms with Crippen LogP contribution in [0.15, 0.2) is 9.59 Å². The van der Waals surface area contributed by atoms with Gasteiger partial charge in [-0.15, -0.1) is 0 Å². The lowest BCUT2D eigenvalue weighted by Crippen LogP contribution is -2.21. The quantitative estimate of drug-likeness (QED) is 0.642. The Labute approximate surface area is 82.2 Å². The van der Waals surface area contributed by atoms with Gasteiger partial charge < -0.3 is 4.98 Å². The SMILES string of the molecule is CSCc1nc2[nH]c(=O)[nH]c(=O)c2[nH]1. The van der Waals surface area contributed by atoms with Crippen molar-refractivity contribution in [2.24, 2.45) is 0 Å². The lowest BCUT2D eigenvalue weighted by Gasteiger charge is -1.86. The predicted molar refractivity (Wildman–Crippen MR) is 54.6 cm³/mol. The van der Waals surface area contributed by atoms with Crippen molar-refractivity contribution in [3.63, 3.8) is 0 Å². The normalized spacial score (nSPS) is 10.9. The van der Waals surface area contributed by atoms with Crippen molar-refractivity contribution in [1.82, 2.24) is 19.9 Å². The Kier molecular flexibility index (Phi) is 2.16. The van der Waals surface area contributed by atoms with E-state index in [-0.39, 0.29) is 0 Å². The maximum absolute atomic E-state index is 11.3. The number of thioether (sulfide) groups is 1.